The van der Waals surface area contributed by atoms with E-state index in [1.807, 2.05) is 12.1 Å². The van der Waals surface area contributed by atoms with Gasteiger partial charge >= 0.3 is 0 Å². The molecule has 1 saturated heterocycles. The standard InChI is InChI=1S/C22H27ClN4O3/c1-17-15-20(27(29)30)7-8-21(17)24-22(28)9-12-25-10-2-11-26(14-13-25)16-18-3-5-19(23)6-4-18/h3-8,15H,2,9-14,16H2,1H3,(H,24,28). The average Bonchev–Trinajstić information content (AvgIpc) is 2.94. The molecule has 1 fully saturated rings. The second kappa shape index (κ2) is 10.5. The lowest BCUT2D eigenvalue weighted by molar-refractivity contribution is -0.384. The molecule has 0 atom stereocenters. The van der Waals surface area contributed by atoms with Crippen LogP contribution in [0.5, 0.6) is 0 Å². The highest BCUT2D eigenvalue weighted by molar-refractivity contribution is 6.30. The first-order valence-electron chi connectivity index (χ1n) is 10.1. The average molecular weight is 431 g/mol. The molecule has 30 heavy (non-hydrogen) atoms. The van der Waals surface area contributed by atoms with Crippen LogP contribution in [0.25, 0.3) is 0 Å². The SMILES string of the molecule is Cc1cc([N+](=O)[O-])ccc1NC(=O)CCN1CCCN(Cc2ccc(Cl)cc2)CC1. The zero-order valence-electron chi connectivity index (χ0n) is 17.1. The van der Waals surface area contributed by atoms with Crippen LogP contribution in [0.3, 0.4) is 0 Å². The number of carbonyl (C=O) groups is 1. The second-order valence-corrected chi connectivity index (χ2v) is 8.09. The van der Waals surface area contributed by atoms with Crippen molar-refractivity contribution in [1.82, 2.24) is 9.80 Å². The summed E-state index contributed by atoms with van der Waals surface area (Å²) in [7, 11) is 0. The van der Waals surface area contributed by atoms with Gasteiger partial charge in [0.25, 0.3) is 5.69 Å². The van der Waals surface area contributed by atoms with E-state index in [0.29, 0.717) is 24.2 Å². The normalized spacial score (nSPS) is 15.5. The van der Waals surface area contributed by atoms with Crippen molar-refractivity contribution in [2.75, 3.05) is 38.0 Å². The molecule has 1 amide bonds. The fourth-order valence-electron chi connectivity index (χ4n) is 3.63. The molecule has 8 heteroatoms. The fraction of sp³-hybridized carbons (Fsp3) is 0.409. The molecule has 0 spiro atoms. The maximum absolute atomic E-state index is 12.4. The van der Waals surface area contributed by atoms with Crippen LogP contribution in [0.1, 0.15) is 24.0 Å². The molecule has 0 aromatic heterocycles. The molecule has 0 bridgehead atoms. The van der Waals surface area contributed by atoms with Crippen molar-refractivity contribution in [3.8, 4) is 0 Å². The molecular weight excluding hydrogens is 404 g/mol. The van der Waals surface area contributed by atoms with Gasteiger partial charge in [-0.15, -0.1) is 0 Å². The van der Waals surface area contributed by atoms with Gasteiger partial charge in [-0.3, -0.25) is 19.8 Å². The van der Waals surface area contributed by atoms with E-state index in [1.165, 1.54) is 17.7 Å². The van der Waals surface area contributed by atoms with Crippen LogP contribution >= 0.6 is 11.6 Å². The fourth-order valence-corrected chi connectivity index (χ4v) is 3.75. The van der Waals surface area contributed by atoms with Crippen molar-refractivity contribution in [1.29, 1.82) is 0 Å². The summed E-state index contributed by atoms with van der Waals surface area (Å²) < 4.78 is 0. The number of amides is 1. The Morgan fingerprint density at radius 2 is 1.80 bits per heavy atom. The number of rotatable bonds is 7. The minimum absolute atomic E-state index is 0.0261. The Morgan fingerprint density at radius 1 is 1.10 bits per heavy atom. The third kappa shape index (κ3) is 6.52. The molecule has 0 radical (unpaired) electrons. The predicted octanol–water partition coefficient (Wildman–Crippen LogP) is 4.09. The Hall–Kier alpha value is -2.48. The number of hydrogen-bond donors (Lipinski definition) is 1. The summed E-state index contributed by atoms with van der Waals surface area (Å²) >= 11 is 5.96. The Labute approximate surface area is 181 Å². The summed E-state index contributed by atoms with van der Waals surface area (Å²) in [5.41, 5.74) is 2.59. The van der Waals surface area contributed by atoms with Crippen LogP contribution in [0.15, 0.2) is 42.5 Å². The summed E-state index contributed by atoms with van der Waals surface area (Å²) in [4.78, 5) is 27.5. The third-order valence-electron chi connectivity index (χ3n) is 5.35. The van der Waals surface area contributed by atoms with Crippen LogP contribution in [-0.4, -0.2) is 53.4 Å². The van der Waals surface area contributed by atoms with E-state index in [-0.39, 0.29) is 11.6 Å². The maximum atomic E-state index is 12.4. The lowest BCUT2D eigenvalue weighted by atomic mass is 10.1. The van der Waals surface area contributed by atoms with Gasteiger partial charge in [0.1, 0.15) is 0 Å². The zero-order chi connectivity index (χ0) is 21.5. The first-order chi connectivity index (χ1) is 14.4. The van der Waals surface area contributed by atoms with Gasteiger partial charge in [-0.25, -0.2) is 0 Å². The quantitative estimate of drug-likeness (QED) is 0.528. The smallest absolute Gasteiger partial charge is 0.269 e. The molecule has 0 saturated carbocycles. The summed E-state index contributed by atoms with van der Waals surface area (Å²) in [5, 5.41) is 14.5. The summed E-state index contributed by atoms with van der Waals surface area (Å²) in [6.45, 7) is 7.27. The summed E-state index contributed by atoms with van der Waals surface area (Å²) in [6.07, 6.45) is 1.46. The number of nitro groups is 1. The van der Waals surface area contributed by atoms with Gasteiger partial charge in [0.05, 0.1) is 4.92 Å². The molecule has 1 heterocycles. The number of hydrogen-bond acceptors (Lipinski definition) is 5. The second-order valence-electron chi connectivity index (χ2n) is 7.65. The summed E-state index contributed by atoms with van der Waals surface area (Å²) in [6, 6.07) is 12.4. The number of carbonyl (C=O) groups excluding carboxylic acids is 1. The molecule has 1 N–H and O–H groups in total. The first kappa shape index (κ1) is 22.2. The third-order valence-corrected chi connectivity index (χ3v) is 5.60. The van der Waals surface area contributed by atoms with Crippen LogP contribution in [0.2, 0.25) is 5.02 Å². The van der Waals surface area contributed by atoms with Crippen molar-refractivity contribution in [3.63, 3.8) is 0 Å². The van der Waals surface area contributed by atoms with Crippen molar-refractivity contribution < 1.29 is 9.72 Å². The Balaban J connectivity index is 1.44. The van der Waals surface area contributed by atoms with Crippen LogP contribution < -0.4 is 5.32 Å². The van der Waals surface area contributed by atoms with E-state index in [9.17, 15) is 14.9 Å². The van der Waals surface area contributed by atoms with E-state index in [1.54, 1.807) is 13.0 Å². The van der Waals surface area contributed by atoms with Gasteiger partial charge in [0, 0.05) is 55.4 Å². The van der Waals surface area contributed by atoms with Gasteiger partial charge in [-0.2, -0.15) is 0 Å². The number of non-ortho nitro benzene ring substituents is 1. The number of nitrogens with zero attached hydrogens (tertiary/aromatic N) is 3. The Bertz CT molecular complexity index is 888. The van der Waals surface area contributed by atoms with E-state index >= 15 is 0 Å². The molecule has 1 aliphatic rings. The maximum Gasteiger partial charge on any atom is 0.269 e. The highest BCUT2D eigenvalue weighted by Gasteiger charge is 2.16. The Morgan fingerprint density at radius 3 is 2.50 bits per heavy atom. The predicted molar refractivity (Wildman–Crippen MR) is 119 cm³/mol. The van der Waals surface area contributed by atoms with Crippen molar-refractivity contribution in [2.24, 2.45) is 0 Å². The van der Waals surface area contributed by atoms with Gasteiger partial charge < -0.3 is 10.2 Å². The minimum Gasteiger partial charge on any atom is -0.326 e. The highest BCUT2D eigenvalue weighted by atomic mass is 35.5. The van der Waals surface area contributed by atoms with Crippen LogP contribution in [0, 0.1) is 17.0 Å². The van der Waals surface area contributed by atoms with Gasteiger partial charge in [0.15, 0.2) is 0 Å². The molecule has 1 aliphatic heterocycles. The van der Waals surface area contributed by atoms with Crippen LogP contribution in [-0.2, 0) is 11.3 Å². The number of nitrogens with one attached hydrogen (secondary N) is 1. The molecule has 0 aliphatic carbocycles. The number of benzene rings is 2. The zero-order valence-corrected chi connectivity index (χ0v) is 17.9. The highest BCUT2D eigenvalue weighted by Crippen LogP contribution is 2.21. The summed E-state index contributed by atoms with van der Waals surface area (Å²) in [5.74, 6) is -0.0748. The van der Waals surface area contributed by atoms with E-state index in [2.05, 4.69) is 27.2 Å². The van der Waals surface area contributed by atoms with Crippen molar-refractivity contribution >= 4 is 28.9 Å². The van der Waals surface area contributed by atoms with Crippen molar-refractivity contribution in [3.05, 3.63) is 68.7 Å². The van der Waals surface area contributed by atoms with E-state index in [0.717, 1.165) is 44.2 Å². The molecule has 7 nitrogen and oxygen atoms in total. The topological polar surface area (TPSA) is 78.7 Å². The number of anilines is 1. The monoisotopic (exact) mass is 430 g/mol. The molecule has 160 valence electrons. The lowest BCUT2D eigenvalue weighted by Crippen LogP contribution is -2.32. The molecule has 2 aromatic rings. The first-order valence-corrected chi connectivity index (χ1v) is 10.5. The number of nitro benzene ring substituents is 1. The van der Waals surface area contributed by atoms with Crippen LogP contribution in [0.4, 0.5) is 11.4 Å². The largest absolute Gasteiger partial charge is 0.326 e. The van der Waals surface area contributed by atoms with E-state index in [4.69, 9.17) is 11.6 Å². The van der Waals surface area contributed by atoms with Gasteiger partial charge in [-0.1, -0.05) is 23.7 Å². The number of halogens is 1. The molecule has 0 unspecified atom stereocenters. The molecule has 2 aromatic carbocycles. The minimum atomic E-state index is -0.436. The van der Waals surface area contributed by atoms with Gasteiger partial charge in [0.2, 0.25) is 5.91 Å². The van der Waals surface area contributed by atoms with Gasteiger partial charge in [-0.05, 0) is 55.8 Å². The Kier molecular flexibility index (Phi) is 7.79. The number of aryl methyl sites for hydroxylation is 1. The van der Waals surface area contributed by atoms with E-state index < -0.39 is 4.92 Å². The van der Waals surface area contributed by atoms with Crippen molar-refractivity contribution in [2.45, 2.75) is 26.3 Å². The lowest BCUT2D eigenvalue weighted by Gasteiger charge is -2.21. The molecular formula is C22H27ClN4O3. The molecule has 3 rings (SSSR count).